The highest BCUT2D eigenvalue weighted by Gasteiger charge is 2.27. The van der Waals surface area contributed by atoms with E-state index >= 15 is 0 Å². The molecule has 3 rings (SSSR count). The Hall–Kier alpha value is -2.42. The summed E-state index contributed by atoms with van der Waals surface area (Å²) in [5.74, 6) is -0.566. The van der Waals surface area contributed by atoms with Gasteiger partial charge in [0.15, 0.2) is 0 Å². The van der Waals surface area contributed by atoms with E-state index in [1.807, 2.05) is 0 Å². The Bertz CT molecular complexity index is 1060. The zero-order chi connectivity index (χ0) is 22.6. The first-order valence-corrected chi connectivity index (χ1v) is 11.9. The van der Waals surface area contributed by atoms with Gasteiger partial charge in [-0.3, -0.25) is 9.59 Å². The third-order valence-electron chi connectivity index (χ3n) is 5.20. The summed E-state index contributed by atoms with van der Waals surface area (Å²) >= 11 is 6.18. The Morgan fingerprint density at radius 3 is 2.29 bits per heavy atom. The van der Waals surface area contributed by atoms with E-state index in [2.05, 4.69) is 5.32 Å². The van der Waals surface area contributed by atoms with Gasteiger partial charge in [-0.05, 0) is 48.7 Å². The second kappa shape index (κ2) is 9.80. The molecule has 31 heavy (non-hydrogen) atoms. The van der Waals surface area contributed by atoms with Gasteiger partial charge in [0, 0.05) is 39.3 Å². The Kier molecular flexibility index (Phi) is 7.35. The fraction of sp³-hybridized carbons (Fsp3) is 0.364. The van der Waals surface area contributed by atoms with Crippen LogP contribution in [-0.2, 0) is 16.6 Å². The summed E-state index contributed by atoms with van der Waals surface area (Å²) in [6.45, 7) is 1.19. The van der Waals surface area contributed by atoms with Crippen molar-refractivity contribution in [2.24, 2.45) is 0 Å². The number of hydrogen-bond acceptors (Lipinski definition) is 4. The lowest BCUT2D eigenvalue weighted by Crippen LogP contribution is -2.35. The quantitative estimate of drug-likeness (QED) is 0.712. The predicted molar refractivity (Wildman–Crippen MR) is 120 cm³/mol. The fourth-order valence-electron chi connectivity index (χ4n) is 3.39. The van der Waals surface area contributed by atoms with Crippen LogP contribution >= 0.6 is 11.6 Å². The van der Waals surface area contributed by atoms with Crippen molar-refractivity contribution in [3.63, 3.8) is 0 Å². The van der Waals surface area contributed by atoms with Gasteiger partial charge in [0.25, 0.3) is 11.8 Å². The van der Waals surface area contributed by atoms with Gasteiger partial charge in [0.1, 0.15) is 0 Å². The minimum atomic E-state index is -3.66. The second-order valence-electron chi connectivity index (χ2n) is 7.69. The largest absolute Gasteiger partial charge is 0.348 e. The Labute approximate surface area is 188 Å². The lowest BCUT2D eigenvalue weighted by molar-refractivity contribution is 0.0827. The number of carbonyl (C=O) groups excluding carboxylic acids is 2. The summed E-state index contributed by atoms with van der Waals surface area (Å²) in [7, 11) is -0.302. The van der Waals surface area contributed by atoms with E-state index in [0.29, 0.717) is 18.7 Å². The first kappa shape index (κ1) is 23.2. The van der Waals surface area contributed by atoms with Gasteiger partial charge in [-0.25, -0.2) is 8.42 Å². The van der Waals surface area contributed by atoms with Crippen LogP contribution in [0.1, 0.15) is 45.5 Å². The lowest BCUT2D eigenvalue weighted by atomic mass is 10.1. The number of hydrogen-bond donors (Lipinski definition) is 1. The molecule has 0 spiro atoms. The molecule has 2 amide bonds. The zero-order valence-electron chi connectivity index (χ0n) is 17.6. The molecule has 0 aromatic heterocycles. The summed E-state index contributed by atoms with van der Waals surface area (Å²) < 4.78 is 27.3. The molecule has 0 atom stereocenters. The van der Waals surface area contributed by atoms with Gasteiger partial charge in [-0.1, -0.05) is 30.2 Å². The molecular formula is C22H26ClN3O4S. The zero-order valence-corrected chi connectivity index (χ0v) is 19.2. The van der Waals surface area contributed by atoms with Crippen LogP contribution in [0.4, 0.5) is 0 Å². The summed E-state index contributed by atoms with van der Waals surface area (Å²) in [5.41, 5.74) is 1.47. The van der Waals surface area contributed by atoms with Crippen molar-refractivity contribution in [2.45, 2.75) is 30.7 Å². The van der Waals surface area contributed by atoms with E-state index in [0.717, 1.165) is 24.8 Å². The Balaban J connectivity index is 1.72. The number of amides is 2. The highest BCUT2D eigenvalue weighted by Crippen LogP contribution is 2.25. The van der Waals surface area contributed by atoms with E-state index in [1.165, 1.54) is 27.4 Å². The standard InChI is InChI=1S/C22H26ClN3O4S/c1-25(2)22(28)17-8-6-16(7-9-17)15-24-21(27)19-14-18(10-11-20(19)23)31(29,30)26-12-4-3-5-13-26/h6-11,14H,3-5,12-13,15H2,1-2H3,(H,24,27). The van der Waals surface area contributed by atoms with Crippen LogP contribution in [0.25, 0.3) is 0 Å². The van der Waals surface area contributed by atoms with Crippen LogP contribution in [0.2, 0.25) is 5.02 Å². The van der Waals surface area contributed by atoms with E-state index in [9.17, 15) is 18.0 Å². The maximum atomic E-state index is 12.9. The summed E-state index contributed by atoms with van der Waals surface area (Å²) in [4.78, 5) is 26.2. The smallest absolute Gasteiger partial charge is 0.253 e. The first-order valence-electron chi connectivity index (χ1n) is 10.1. The lowest BCUT2D eigenvalue weighted by Gasteiger charge is -2.26. The maximum Gasteiger partial charge on any atom is 0.253 e. The van der Waals surface area contributed by atoms with Crippen molar-refractivity contribution in [3.8, 4) is 0 Å². The number of sulfonamides is 1. The molecule has 1 fully saturated rings. The third-order valence-corrected chi connectivity index (χ3v) is 7.42. The van der Waals surface area contributed by atoms with Crippen molar-refractivity contribution in [2.75, 3.05) is 27.2 Å². The normalized spacial score (nSPS) is 14.8. The van der Waals surface area contributed by atoms with Crippen molar-refractivity contribution < 1.29 is 18.0 Å². The molecule has 2 aromatic rings. The second-order valence-corrected chi connectivity index (χ2v) is 10.0. The minimum Gasteiger partial charge on any atom is -0.348 e. The maximum absolute atomic E-state index is 12.9. The Morgan fingerprint density at radius 1 is 1.03 bits per heavy atom. The molecule has 2 aromatic carbocycles. The Morgan fingerprint density at radius 2 is 1.68 bits per heavy atom. The molecule has 0 unspecified atom stereocenters. The molecule has 1 saturated heterocycles. The highest BCUT2D eigenvalue weighted by atomic mass is 35.5. The molecule has 0 radical (unpaired) electrons. The SMILES string of the molecule is CN(C)C(=O)c1ccc(CNC(=O)c2cc(S(=O)(=O)N3CCCCC3)ccc2Cl)cc1. The molecule has 9 heteroatoms. The fourth-order valence-corrected chi connectivity index (χ4v) is 5.14. The number of rotatable bonds is 6. The van der Waals surface area contributed by atoms with Gasteiger partial charge in [-0.15, -0.1) is 0 Å². The van der Waals surface area contributed by atoms with Gasteiger partial charge in [0.05, 0.1) is 15.5 Å². The summed E-state index contributed by atoms with van der Waals surface area (Å²) in [5, 5.41) is 2.94. The molecule has 7 nitrogen and oxygen atoms in total. The highest BCUT2D eigenvalue weighted by molar-refractivity contribution is 7.89. The molecule has 1 aliphatic rings. The average molecular weight is 464 g/mol. The number of halogens is 1. The van der Waals surface area contributed by atoms with Crippen LogP contribution in [0.3, 0.4) is 0 Å². The van der Waals surface area contributed by atoms with E-state index in [4.69, 9.17) is 11.6 Å². The third kappa shape index (κ3) is 5.44. The monoisotopic (exact) mass is 463 g/mol. The topological polar surface area (TPSA) is 86.8 Å². The van der Waals surface area contributed by atoms with Crippen LogP contribution in [-0.4, -0.2) is 56.6 Å². The van der Waals surface area contributed by atoms with Crippen LogP contribution in [0, 0.1) is 0 Å². The van der Waals surface area contributed by atoms with Gasteiger partial charge >= 0.3 is 0 Å². The van der Waals surface area contributed by atoms with Crippen LogP contribution in [0.15, 0.2) is 47.4 Å². The molecule has 0 bridgehead atoms. The average Bonchev–Trinajstić information content (AvgIpc) is 2.78. The molecular weight excluding hydrogens is 438 g/mol. The van der Waals surface area contributed by atoms with Crippen molar-refractivity contribution >= 4 is 33.4 Å². The molecule has 0 aliphatic carbocycles. The number of nitrogens with one attached hydrogen (secondary N) is 1. The number of nitrogens with zero attached hydrogens (tertiary/aromatic N) is 2. The van der Waals surface area contributed by atoms with Crippen LogP contribution < -0.4 is 5.32 Å². The van der Waals surface area contributed by atoms with Crippen molar-refractivity contribution in [1.29, 1.82) is 0 Å². The number of benzene rings is 2. The van der Waals surface area contributed by atoms with Gasteiger partial charge in [0.2, 0.25) is 10.0 Å². The molecule has 0 saturated carbocycles. The summed E-state index contributed by atoms with van der Waals surface area (Å²) in [6.07, 6.45) is 2.68. The van der Waals surface area contributed by atoms with E-state index in [1.54, 1.807) is 38.4 Å². The first-order chi connectivity index (χ1) is 14.7. The number of piperidine rings is 1. The van der Waals surface area contributed by atoms with E-state index in [-0.39, 0.29) is 27.9 Å². The summed E-state index contributed by atoms with van der Waals surface area (Å²) in [6, 6.07) is 11.1. The minimum absolute atomic E-state index is 0.0653. The van der Waals surface area contributed by atoms with Crippen molar-refractivity contribution in [1.82, 2.24) is 14.5 Å². The predicted octanol–water partition coefficient (Wildman–Crippen LogP) is 3.15. The molecule has 166 valence electrons. The van der Waals surface area contributed by atoms with Gasteiger partial charge < -0.3 is 10.2 Å². The molecule has 1 N–H and O–H groups in total. The molecule has 1 aliphatic heterocycles. The molecule has 1 heterocycles. The van der Waals surface area contributed by atoms with Crippen LogP contribution in [0.5, 0.6) is 0 Å². The van der Waals surface area contributed by atoms with Gasteiger partial charge in [-0.2, -0.15) is 4.31 Å². The van der Waals surface area contributed by atoms with Crippen molar-refractivity contribution in [3.05, 3.63) is 64.2 Å². The van der Waals surface area contributed by atoms with E-state index < -0.39 is 15.9 Å². The number of carbonyl (C=O) groups is 2.